The fourth-order valence-electron chi connectivity index (χ4n) is 2.51. The SMILES string of the molecule is CCC1CCCC(OCCC(C)(C)C(N)=NO)C1. The summed E-state index contributed by atoms with van der Waals surface area (Å²) in [4.78, 5) is 0. The van der Waals surface area contributed by atoms with Crippen LogP contribution in [-0.4, -0.2) is 23.8 Å². The third kappa shape index (κ3) is 4.48. The van der Waals surface area contributed by atoms with Crippen LogP contribution < -0.4 is 5.73 Å². The molecule has 0 radical (unpaired) electrons. The maximum absolute atomic E-state index is 8.71. The average molecular weight is 256 g/mol. The van der Waals surface area contributed by atoms with Crippen molar-refractivity contribution in [3.05, 3.63) is 0 Å². The van der Waals surface area contributed by atoms with Gasteiger partial charge >= 0.3 is 0 Å². The molecule has 1 aliphatic carbocycles. The minimum absolute atomic E-state index is 0.279. The van der Waals surface area contributed by atoms with Crippen LogP contribution in [0, 0.1) is 11.3 Å². The number of amidine groups is 1. The van der Waals surface area contributed by atoms with Gasteiger partial charge in [0.05, 0.1) is 6.10 Å². The Morgan fingerprint density at radius 2 is 2.17 bits per heavy atom. The lowest BCUT2D eigenvalue weighted by atomic mass is 9.85. The number of nitrogens with zero attached hydrogens (tertiary/aromatic N) is 1. The molecule has 2 unspecified atom stereocenters. The van der Waals surface area contributed by atoms with E-state index in [0.717, 1.165) is 12.3 Å². The topological polar surface area (TPSA) is 67.8 Å². The van der Waals surface area contributed by atoms with Gasteiger partial charge < -0.3 is 15.7 Å². The van der Waals surface area contributed by atoms with E-state index in [2.05, 4.69) is 12.1 Å². The van der Waals surface area contributed by atoms with Crippen LogP contribution in [0.4, 0.5) is 0 Å². The fraction of sp³-hybridized carbons (Fsp3) is 0.929. The predicted octanol–water partition coefficient (Wildman–Crippen LogP) is 3.13. The molecule has 0 heterocycles. The summed E-state index contributed by atoms with van der Waals surface area (Å²) in [6, 6.07) is 0. The molecule has 4 heteroatoms. The summed E-state index contributed by atoms with van der Waals surface area (Å²) >= 11 is 0. The Hall–Kier alpha value is -0.770. The van der Waals surface area contributed by atoms with Crippen molar-refractivity contribution in [2.24, 2.45) is 22.2 Å². The van der Waals surface area contributed by atoms with Crippen molar-refractivity contribution >= 4 is 5.84 Å². The van der Waals surface area contributed by atoms with Gasteiger partial charge in [-0.05, 0) is 25.2 Å². The van der Waals surface area contributed by atoms with Crippen molar-refractivity contribution in [2.75, 3.05) is 6.61 Å². The van der Waals surface area contributed by atoms with E-state index in [-0.39, 0.29) is 11.3 Å². The van der Waals surface area contributed by atoms with Gasteiger partial charge in [0.2, 0.25) is 0 Å². The van der Waals surface area contributed by atoms with E-state index in [4.69, 9.17) is 15.7 Å². The van der Waals surface area contributed by atoms with E-state index in [0.29, 0.717) is 12.7 Å². The molecule has 1 saturated carbocycles. The Kier molecular flexibility index (Phi) is 5.93. The molecular formula is C14H28N2O2. The zero-order chi connectivity index (χ0) is 13.6. The number of hydrogen-bond donors (Lipinski definition) is 2. The molecule has 1 aliphatic rings. The molecule has 1 rings (SSSR count). The van der Waals surface area contributed by atoms with Crippen LogP contribution >= 0.6 is 0 Å². The summed E-state index contributed by atoms with van der Waals surface area (Å²) in [6.45, 7) is 6.89. The van der Waals surface area contributed by atoms with Crippen molar-refractivity contribution in [1.82, 2.24) is 0 Å². The number of hydrogen-bond acceptors (Lipinski definition) is 3. The van der Waals surface area contributed by atoms with Gasteiger partial charge in [0.15, 0.2) is 0 Å². The highest BCUT2D eigenvalue weighted by molar-refractivity contribution is 5.85. The lowest BCUT2D eigenvalue weighted by Crippen LogP contribution is -2.34. The van der Waals surface area contributed by atoms with Crippen molar-refractivity contribution in [2.45, 2.75) is 65.4 Å². The zero-order valence-corrected chi connectivity index (χ0v) is 12.0. The molecule has 0 spiro atoms. The molecule has 0 aliphatic heterocycles. The summed E-state index contributed by atoms with van der Waals surface area (Å²) in [7, 11) is 0. The Morgan fingerprint density at radius 1 is 1.44 bits per heavy atom. The molecule has 0 aromatic carbocycles. The first kappa shape index (κ1) is 15.3. The third-order valence-electron chi connectivity index (χ3n) is 4.19. The maximum atomic E-state index is 8.71. The summed E-state index contributed by atoms with van der Waals surface area (Å²) in [5.74, 6) is 1.11. The van der Waals surface area contributed by atoms with Crippen molar-refractivity contribution < 1.29 is 9.94 Å². The van der Waals surface area contributed by atoms with Gasteiger partial charge in [-0.2, -0.15) is 0 Å². The van der Waals surface area contributed by atoms with Gasteiger partial charge in [0.1, 0.15) is 5.84 Å². The molecular weight excluding hydrogens is 228 g/mol. The Morgan fingerprint density at radius 3 is 2.78 bits per heavy atom. The predicted molar refractivity (Wildman–Crippen MR) is 73.8 cm³/mol. The molecule has 106 valence electrons. The molecule has 1 fully saturated rings. The molecule has 18 heavy (non-hydrogen) atoms. The van der Waals surface area contributed by atoms with Gasteiger partial charge in [-0.3, -0.25) is 0 Å². The molecule has 0 aromatic heterocycles. The number of ether oxygens (including phenoxy) is 1. The average Bonchev–Trinajstić information content (AvgIpc) is 2.37. The van der Waals surface area contributed by atoms with Crippen molar-refractivity contribution in [1.29, 1.82) is 0 Å². The van der Waals surface area contributed by atoms with Crippen LogP contribution in [0.5, 0.6) is 0 Å². The molecule has 0 saturated heterocycles. The standard InChI is InChI=1S/C14H28N2O2/c1-4-11-6-5-7-12(10-11)18-9-8-14(2,3)13(15)16-17/h11-12,17H,4-10H2,1-3H3,(H2,15,16). The van der Waals surface area contributed by atoms with Crippen LogP contribution in [0.15, 0.2) is 5.16 Å². The molecule has 3 N–H and O–H groups in total. The second-order valence-corrected chi connectivity index (χ2v) is 6.05. The maximum Gasteiger partial charge on any atom is 0.144 e. The molecule has 2 atom stereocenters. The van der Waals surface area contributed by atoms with Crippen LogP contribution in [-0.2, 0) is 4.74 Å². The summed E-state index contributed by atoms with van der Waals surface area (Å²) < 4.78 is 5.95. The second-order valence-electron chi connectivity index (χ2n) is 6.05. The highest BCUT2D eigenvalue weighted by Crippen LogP contribution is 2.29. The smallest absolute Gasteiger partial charge is 0.144 e. The Balaban J connectivity index is 2.29. The zero-order valence-electron chi connectivity index (χ0n) is 12.0. The monoisotopic (exact) mass is 256 g/mol. The summed E-state index contributed by atoms with van der Waals surface area (Å²) in [5.41, 5.74) is 5.36. The molecule has 0 bridgehead atoms. The van der Waals surface area contributed by atoms with E-state index in [1.165, 1.54) is 32.1 Å². The van der Waals surface area contributed by atoms with Crippen LogP contribution in [0.2, 0.25) is 0 Å². The lowest BCUT2D eigenvalue weighted by molar-refractivity contribution is 0.00473. The Bertz CT molecular complexity index is 277. The first-order chi connectivity index (χ1) is 8.49. The minimum atomic E-state index is -0.298. The van der Waals surface area contributed by atoms with E-state index in [9.17, 15) is 0 Å². The normalized spacial score (nSPS) is 26.3. The third-order valence-corrected chi connectivity index (χ3v) is 4.19. The second kappa shape index (κ2) is 6.98. The van der Waals surface area contributed by atoms with Crippen LogP contribution in [0.3, 0.4) is 0 Å². The van der Waals surface area contributed by atoms with Gasteiger partial charge in [-0.1, -0.05) is 45.2 Å². The number of rotatable bonds is 6. The van der Waals surface area contributed by atoms with E-state index in [1.54, 1.807) is 0 Å². The first-order valence-electron chi connectivity index (χ1n) is 7.09. The first-order valence-corrected chi connectivity index (χ1v) is 7.09. The fourth-order valence-corrected chi connectivity index (χ4v) is 2.51. The van der Waals surface area contributed by atoms with Crippen molar-refractivity contribution in [3.8, 4) is 0 Å². The largest absolute Gasteiger partial charge is 0.409 e. The number of nitrogens with two attached hydrogens (primary N) is 1. The van der Waals surface area contributed by atoms with E-state index >= 15 is 0 Å². The van der Waals surface area contributed by atoms with Crippen LogP contribution in [0.1, 0.15) is 59.3 Å². The lowest BCUT2D eigenvalue weighted by Gasteiger charge is -2.30. The molecule has 0 amide bonds. The van der Waals surface area contributed by atoms with Gasteiger partial charge in [0.25, 0.3) is 0 Å². The molecule has 4 nitrogen and oxygen atoms in total. The quantitative estimate of drug-likeness (QED) is 0.332. The van der Waals surface area contributed by atoms with Crippen LogP contribution in [0.25, 0.3) is 0 Å². The summed E-state index contributed by atoms with van der Waals surface area (Å²) in [5, 5.41) is 11.8. The number of oxime groups is 1. The Labute approximate surface area is 111 Å². The van der Waals surface area contributed by atoms with Gasteiger partial charge in [-0.15, -0.1) is 0 Å². The van der Waals surface area contributed by atoms with Gasteiger partial charge in [-0.25, -0.2) is 0 Å². The van der Waals surface area contributed by atoms with E-state index < -0.39 is 0 Å². The van der Waals surface area contributed by atoms with Gasteiger partial charge in [0, 0.05) is 12.0 Å². The highest BCUT2D eigenvalue weighted by Gasteiger charge is 2.25. The van der Waals surface area contributed by atoms with Crippen molar-refractivity contribution in [3.63, 3.8) is 0 Å². The molecule has 0 aromatic rings. The highest BCUT2D eigenvalue weighted by atomic mass is 16.5. The van der Waals surface area contributed by atoms with E-state index in [1.807, 2.05) is 13.8 Å². The minimum Gasteiger partial charge on any atom is -0.409 e. The summed E-state index contributed by atoms with van der Waals surface area (Å²) in [6.07, 6.45) is 7.47.